The van der Waals surface area contributed by atoms with Crippen LogP contribution >= 0.6 is 0 Å². The van der Waals surface area contributed by atoms with Gasteiger partial charge in [0.1, 0.15) is 0 Å². The number of rotatable bonds is 6. The molecule has 0 aliphatic carbocycles. The van der Waals surface area contributed by atoms with E-state index in [2.05, 4.69) is 24.1 Å². The van der Waals surface area contributed by atoms with Crippen molar-refractivity contribution in [3.05, 3.63) is 0 Å². The van der Waals surface area contributed by atoms with Gasteiger partial charge in [-0.25, -0.2) is 0 Å². The number of hydrogen-bond acceptors (Lipinski definition) is 3. The molecule has 1 aliphatic heterocycles. The molecule has 0 amide bonds. The first-order valence-electron chi connectivity index (χ1n) is 5.90. The molecule has 1 saturated heterocycles. The summed E-state index contributed by atoms with van der Waals surface area (Å²) in [5.41, 5.74) is 0. The second kappa shape index (κ2) is 7.21. The van der Waals surface area contributed by atoms with Crippen molar-refractivity contribution in [2.75, 3.05) is 39.4 Å². The molecule has 0 bridgehead atoms. The lowest BCUT2D eigenvalue weighted by Crippen LogP contribution is -2.51. The highest BCUT2D eigenvalue weighted by Gasteiger charge is 2.16. The molecule has 0 spiro atoms. The van der Waals surface area contributed by atoms with Gasteiger partial charge in [0.25, 0.3) is 0 Å². The molecule has 0 aromatic rings. The van der Waals surface area contributed by atoms with Crippen LogP contribution in [-0.2, 0) is 4.74 Å². The Morgan fingerprint density at radius 2 is 2.21 bits per heavy atom. The zero-order valence-corrected chi connectivity index (χ0v) is 9.59. The summed E-state index contributed by atoms with van der Waals surface area (Å²) in [5.74, 6) is 0. The van der Waals surface area contributed by atoms with Crippen LogP contribution < -0.4 is 5.32 Å². The predicted molar refractivity (Wildman–Crippen MR) is 59.6 cm³/mol. The number of nitrogens with zero attached hydrogens (tertiary/aromatic N) is 1. The minimum absolute atomic E-state index is 0.690. The Morgan fingerprint density at radius 1 is 1.36 bits per heavy atom. The second-order valence-corrected chi connectivity index (χ2v) is 3.97. The van der Waals surface area contributed by atoms with E-state index in [9.17, 15) is 0 Å². The first-order chi connectivity index (χ1) is 6.86. The third-order valence-electron chi connectivity index (χ3n) is 2.73. The van der Waals surface area contributed by atoms with Crippen molar-refractivity contribution in [3.8, 4) is 0 Å². The Morgan fingerprint density at radius 3 is 2.93 bits per heavy atom. The van der Waals surface area contributed by atoms with Crippen LogP contribution in [0.2, 0.25) is 0 Å². The lowest BCUT2D eigenvalue weighted by atomic mass is 10.1. The molecule has 0 aromatic heterocycles. The van der Waals surface area contributed by atoms with Gasteiger partial charge in [0.05, 0.1) is 6.61 Å². The van der Waals surface area contributed by atoms with Crippen LogP contribution in [0.3, 0.4) is 0 Å². The molecule has 84 valence electrons. The van der Waals surface area contributed by atoms with Gasteiger partial charge in [-0.15, -0.1) is 0 Å². The van der Waals surface area contributed by atoms with E-state index in [1.54, 1.807) is 0 Å². The summed E-state index contributed by atoms with van der Waals surface area (Å²) >= 11 is 0. The van der Waals surface area contributed by atoms with Crippen molar-refractivity contribution in [3.63, 3.8) is 0 Å². The van der Waals surface area contributed by atoms with Crippen LogP contribution in [0.25, 0.3) is 0 Å². The summed E-state index contributed by atoms with van der Waals surface area (Å²) in [5, 5.41) is 3.52. The summed E-state index contributed by atoms with van der Waals surface area (Å²) in [7, 11) is 0. The van der Waals surface area contributed by atoms with E-state index >= 15 is 0 Å². The zero-order valence-electron chi connectivity index (χ0n) is 9.59. The second-order valence-electron chi connectivity index (χ2n) is 3.97. The fourth-order valence-electron chi connectivity index (χ4n) is 1.81. The van der Waals surface area contributed by atoms with E-state index < -0.39 is 0 Å². The minimum Gasteiger partial charge on any atom is -0.380 e. The highest BCUT2D eigenvalue weighted by Crippen LogP contribution is 2.01. The van der Waals surface area contributed by atoms with Gasteiger partial charge >= 0.3 is 0 Å². The Labute approximate surface area is 87.8 Å². The maximum atomic E-state index is 5.49. The van der Waals surface area contributed by atoms with Crippen LogP contribution in [0.5, 0.6) is 0 Å². The molecule has 1 heterocycles. The molecule has 0 radical (unpaired) electrons. The van der Waals surface area contributed by atoms with Gasteiger partial charge in [0.15, 0.2) is 0 Å². The number of piperazine rings is 1. The third-order valence-corrected chi connectivity index (χ3v) is 2.73. The molecule has 1 fully saturated rings. The van der Waals surface area contributed by atoms with Gasteiger partial charge in [-0.05, 0) is 12.8 Å². The molecule has 1 rings (SSSR count). The molecule has 1 atom stereocenters. The zero-order chi connectivity index (χ0) is 10.2. The molecular weight excluding hydrogens is 176 g/mol. The van der Waals surface area contributed by atoms with Gasteiger partial charge < -0.3 is 10.1 Å². The monoisotopic (exact) mass is 200 g/mol. The number of nitrogens with one attached hydrogen (secondary N) is 1. The van der Waals surface area contributed by atoms with Gasteiger partial charge in [-0.1, -0.05) is 13.8 Å². The Kier molecular flexibility index (Phi) is 6.15. The largest absolute Gasteiger partial charge is 0.380 e. The lowest BCUT2D eigenvalue weighted by Gasteiger charge is -2.33. The van der Waals surface area contributed by atoms with Crippen molar-refractivity contribution in [1.82, 2.24) is 10.2 Å². The molecular formula is C11H24N2O. The van der Waals surface area contributed by atoms with Crippen molar-refractivity contribution in [2.24, 2.45) is 0 Å². The lowest BCUT2D eigenvalue weighted by molar-refractivity contribution is 0.0916. The molecule has 14 heavy (non-hydrogen) atoms. The van der Waals surface area contributed by atoms with Crippen LogP contribution in [0.1, 0.15) is 26.7 Å². The fraction of sp³-hybridized carbons (Fsp3) is 1.00. The molecule has 3 heteroatoms. The smallest absolute Gasteiger partial charge is 0.0593 e. The van der Waals surface area contributed by atoms with E-state index in [0.29, 0.717) is 6.04 Å². The van der Waals surface area contributed by atoms with Crippen LogP contribution in [-0.4, -0.2) is 50.3 Å². The average Bonchev–Trinajstić information content (AvgIpc) is 2.25. The molecule has 1 N–H and O–H groups in total. The number of ether oxygens (including phenoxy) is 1. The standard InChI is InChI=1S/C11H24N2O/c1-3-8-14-9-7-13-6-5-12-11(4-2)10-13/h11-12H,3-10H2,1-2H3. The summed E-state index contributed by atoms with van der Waals surface area (Å²) in [6, 6.07) is 0.690. The van der Waals surface area contributed by atoms with Crippen molar-refractivity contribution in [2.45, 2.75) is 32.7 Å². The van der Waals surface area contributed by atoms with E-state index in [1.807, 2.05) is 0 Å². The first kappa shape index (κ1) is 12.0. The van der Waals surface area contributed by atoms with E-state index in [-0.39, 0.29) is 0 Å². The van der Waals surface area contributed by atoms with Crippen LogP contribution in [0, 0.1) is 0 Å². The van der Waals surface area contributed by atoms with Crippen LogP contribution in [0.15, 0.2) is 0 Å². The highest BCUT2D eigenvalue weighted by atomic mass is 16.5. The van der Waals surface area contributed by atoms with Crippen LogP contribution in [0.4, 0.5) is 0 Å². The quantitative estimate of drug-likeness (QED) is 0.650. The summed E-state index contributed by atoms with van der Waals surface area (Å²) in [6.07, 6.45) is 2.35. The minimum atomic E-state index is 0.690. The predicted octanol–water partition coefficient (Wildman–Crippen LogP) is 1.10. The molecule has 1 unspecified atom stereocenters. The topological polar surface area (TPSA) is 24.5 Å². The average molecular weight is 200 g/mol. The van der Waals surface area contributed by atoms with Gasteiger partial charge in [-0.3, -0.25) is 4.90 Å². The van der Waals surface area contributed by atoms with E-state index in [4.69, 9.17) is 4.74 Å². The highest BCUT2D eigenvalue weighted by molar-refractivity contribution is 4.76. The Hall–Kier alpha value is -0.120. The normalized spacial score (nSPS) is 24.0. The fourth-order valence-corrected chi connectivity index (χ4v) is 1.81. The Balaban J connectivity index is 2.05. The molecule has 0 aromatic carbocycles. The van der Waals surface area contributed by atoms with Crippen molar-refractivity contribution < 1.29 is 4.74 Å². The molecule has 3 nitrogen and oxygen atoms in total. The summed E-state index contributed by atoms with van der Waals surface area (Å²) < 4.78 is 5.49. The maximum Gasteiger partial charge on any atom is 0.0593 e. The van der Waals surface area contributed by atoms with Crippen molar-refractivity contribution in [1.29, 1.82) is 0 Å². The van der Waals surface area contributed by atoms with Gasteiger partial charge in [0.2, 0.25) is 0 Å². The Bertz CT molecular complexity index is 141. The van der Waals surface area contributed by atoms with Gasteiger partial charge in [0, 0.05) is 38.8 Å². The summed E-state index contributed by atoms with van der Waals surface area (Å²) in [6.45, 7) is 10.8. The SMILES string of the molecule is CCCOCCN1CCNC(CC)C1. The summed E-state index contributed by atoms with van der Waals surface area (Å²) in [4.78, 5) is 2.50. The maximum absolute atomic E-state index is 5.49. The third kappa shape index (κ3) is 4.40. The first-order valence-corrected chi connectivity index (χ1v) is 5.90. The van der Waals surface area contributed by atoms with Gasteiger partial charge in [-0.2, -0.15) is 0 Å². The number of hydrogen-bond donors (Lipinski definition) is 1. The van der Waals surface area contributed by atoms with E-state index in [1.165, 1.54) is 19.5 Å². The van der Waals surface area contributed by atoms with Crippen molar-refractivity contribution >= 4 is 0 Å². The van der Waals surface area contributed by atoms with E-state index in [0.717, 1.165) is 32.7 Å². The molecule has 0 saturated carbocycles. The molecule has 1 aliphatic rings.